The zero-order valence-corrected chi connectivity index (χ0v) is 11.8. The minimum Gasteiger partial charge on any atom is -0.464 e. The topological polar surface area (TPSA) is 54.0 Å². The molecule has 0 fully saturated rings. The number of carbonyl (C=O) groups is 1. The monoisotopic (exact) mass is 262 g/mol. The molecule has 1 atom stereocenters. The molecule has 0 heterocycles. The molecule has 0 bridgehead atoms. The van der Waals surface area contributed by atoms with Crippen LogP contribution in [0.5, 0.6) is 0 Å². The standard InChI is InChI=1S/C13H26O5/c1-4-6-7-8-12(13(14)17-5-2)18-11-16-10-9-15-3/h12H,4-11H2,1-3H3/t12-/m0/s1. The van der Waals surface area contributed by atoms with Crippen molar-refractivity contribution in [1.29, 1.82) is 0 Å². The molecule has 108 valence electrons. The molecule has 0 amide bonds. The summed E-state index contributed by atoms with van der Waals surface area (Å²) in [5.74, 6) is -0.302. The first-order chi connectivity index (χ1) is 8.76. The average molecular weight is 262 g/mol. The van der Waals surface area contributed by atoms with Crippen molar-refractivity contribution < 1.29 is 23.7 Å². The molecule has 0 aliphatic rings. The van der Waals surface area contributed by atoms with E-state index in [0.29, 0.717) is 26.2 Å². The Balaban J connectivity index is 3.84. The molecular formula is C13H26O5. The molecule has 5 heteroatoms. The van der Waals surface area contributed by atoms with Crippen molar-refractivity contribution in [2.75, 3.05) is 33.7 Å². The van der Waals surface area contributed by atoms with E-state index >= 15 is 0 Å². The van der Waals surface area contributed by atoms with E-state index in [1.807, 2.05) is 0 Å². The van der Waals surface area contributed by atoms with Gasteiger partial charge in [-0.2, -0.15) is 0 Å². The van der Waals surface area contributed by atoms with Crippen molar-refractivity contribution in [2.24, 2.45) is 0 Å². The smallest absolute Gasteiger partial charge is 0.335 e. The second-order valence-corrected chi connectivity index (χ2v) is 3.92. The number of esters is 1. The lowest BCUT2D eigenvalue weighted by molar-refractivity contribution is -0.168. The summed E-state index contributed by atoms with van der Waals surface area (Å²) in [6, 6.07) is 0. The molecule has 0 radical (unpaired) electrons. The third kappa shape index (κ3) is 9.39. The van der Waals surface area contributed by atoms with Gasteiger partial charge in [-0.1, -0.05) is 26.2 Å². The van der Waals surface area contributed by atoms with Gasteiger partial charge in [-0.05, 0) is 13.3 Å². The highest BCUT2D eigenvalue weighted by Crippen LogP contribution is 2.09. The number of unbranched alkanes of at least 4 members (excludes halogenated alkanes) is 2. The average Bonchev–Trinajstić information content (AvgIpc) is 2.37. The van der Waals surface area contributed by atoms with Gasteiger partial charge in [-0.15, -0.1) is 0 Å². The molecule has 5 nitrogen and oxygen atoms in total. The van der Waals surface area contributed by atoms with Gasteiger partial charge >= 0.3 is 5.97 Å². The number of methoxy groups -OCH3 is 1. The van der Waals surface area contributed by atoms with Crippen molar-refractivity contribution in [3.63, 3.8) is 0 Å². The normalized spacial score (nSPS) is 12.4. The van der Waals surface area contributed by atoms with E-state index in [0.717, 1.165) is 19.3 Å². The molecule has 0 aromatic carbocycles. The minimum absolute atomic E-state index is 0.0962. The molecule has 0 aromatic rings. The fraction of sp³-hybridized carbons (Fsp3) is 0.923. The molecule has 0 saturated heterocycles. The van der Waals surface area contributed by atoms with Crippen LogP contribution in [0.4, 0.5) is 0 Å². The third-order valence-electron chi connectivity index (χ3n) is 2.40. The van der Waals surface area contributed by atoms with Gasteiger partial charge in [-0.3, -0.25) is 0 Å². The van der Waals surface area contributed by atoms with Gasteiger partial charge in [0.1, 0.15) is 6.79 Å². The quantitative estimate of drug-likeness (QED) is 0.306. The summed E-state index contributed by atoms with van der Waals surface area (Å²) in [6.07, 6.45) is 3.32. The molecule has 0 rings (SSSR count). The van der Waals surface area contributed by atoms with Crippen LogP contribution in [0, 0.1) is 0 Å². The maximum Gasteiger partial charge on any atom is 0.335 e. The predicted molar refractivity (Wildman–Crippen MR) is 68.3 cm³/mol. The highest BCUT2D eigenvalue weighted by Gasteiger charge is 2.19. The zero-order chi connectivity index (χ0) is 13.6. The second kappa shape index (κ2) is 12.8. The molecule has 0 unspecified atom stereocenters. The van der Waals surface area contributed by atoms with Gasteiger partial charge < -0.3 is 18.9 Å². The Kier molecular flexibility index (Phi) is 12.3. The maximum atomic E-state index is 11.6. The Morgan fingerprint density at radius 3 is 2.56 bits per heavy atom. The Morgan fingerprint density at radius 1 is 1.17 bits per heavy atom. The van der Waals surface area contributed by atoms with Gasteiger partial charge in [-0.25, -0.2) is 4.79 Å². The number of ether oxygens (including phenoxy) is 4. The molecule has 0 saturated carbocycles. The highest BCUT2D eigenvalue weighted by molar-refractivity contribution is 5.74. The molecule has 0 spiro atoms. The summed E-state index contributed by atoms with van der Waals surface area (Å²) in [7, 11) is 1.61. The molecule has 18 heavy (non-hydrogen) atoms. The summed E-state index contributed by atoms with van der Waals surface area (Å²) in [6.45, 7) is 5.35. The van der Waals surface area contributed by atoms with Gasteiger partial charge in [0.2, 0.25) is 0 Å². The number of hydrogen-bond donors (Lipinski definition) is 0. The third-order valence-corrected chi connectivity index (χ3v) is 2.40. The predicted octanol–water partition coefficient (Wildman–Crippen LogP) is 2.14. The summed E-state index contributed by atoms with van der Waals surface area (Å²) in [5.41, 5.74) is 0. The van der Waals surface area contributed by atoms with Crippen LogP contribution in [0.2, 0.25) is 0 Å². The summed E-state index contributed by atoms with van der Waals surface area (Å²) in [4.78, 5) is 11.6. The number of carbonyl (C=O) groups excluding carboxylic acids is 1. The van der Waals surface area contributed by atoms with Crippen molar-refractivity contribution >= 4 is 5.97 Å². The van der Waals surface area contributed by atoms with Crippen LogP contribution in [0.15, 0.2) is 0 Å². The SMILES string of the molecule is CCCCC[C@H](OCOCCOC)C(=O)OCC. The summed E-state index contributed by atoms with van der Waals surface area (Å²) >= 11 is 0. The van der Waals surface area contributed by atoms with Gasteiger partial charge in [0, 0.05) is 7.11 Å². The van der Waals surface area contributed by atoms with Crippen molar-refractivity contribution in [3.8, 4) is 0 Å². The lowest BCUT2D eigenvalue weighted by Gasteiger charge is -2.16. The Hall–Kier alpha value is -0.650. The van der Waals surface area contributed by atoms with Crippen LogP contribution in [0.1, 0.15) is 39.5 Å². The zero-order valence-electron chi connectivity index (χ0n) is 11.8. The largest absolute Gasteiger partial charge is 0.464 e. The Labute approximate surface area is 110 Å². The Bertz CT molecular complexity index is 196. The van der Waals surface area contributed by atoms with Crippen LogP contribution in [-0.4, -0.2) is 45.8 Å². The van der Waals surface area contributed by atoms with Crippen molar-refractivity contribution in [1.82, 2.24) is 0 Å². The van der Waals surface area contributed by atoms with E-state index in [1.165, 1.54) is 0 Å². The highest BCUT2D eigenvalue weighted by atomic mass is 16.7. The lowest BCUT2D eigenvalue weighted by atomic mass is 10.1. The fourth-order valence-electron chi connectivity index (χ4n) is 1.42. The van der Waals surface area contributed by atoms with Crippen LogP contribution < -0.4 is 0 Å². The first-order valence-electron chi connectivity index (χ1n) is 6.61. The first-order valence-corrected chi connectivity index (χ1v) is 6.61. The van der Waals surface area contributed by atoms with Gasteiger partial charge in [0.15, 0.2) is 6.10 Å². The van der Waals surface area contributed by atoms with Crippen molar-refractivity contribution in [2.45, 2.75) is 45.6 Å². The second-order valence-electron chi connectivity index (χ2n) is 3.92. The van der Waals surface area contributed by atoms with Crippen molar-refractivity contribution in [3.05, 3.63) is 0 Å². The lowest BCUT2D eigenvalue weighted by Crippen LogP contribution is -2.28. The molecule has 0 aliphatic heterocycles. The van der Waals surface area contributed by atoms with Crippen LogP contribution >= 0.6 is 0 Å². The van der Waals surface area contributed by atoms with E-state index in [4.69, 9.17) is 18.9 Å². The van der Waals surface area contributed by atoms with E-state index in [2.05, 4.69) is 6.92 Å². The maximum absolute atomic E-state index is 11.6. The molecule has 0 N–H and O–H groups in total. The number of hydrogen-bond acceptors (Lipinski definition) is 5. The number of rotatable bonds is 12. The van der Waals surface area contributed by atoms with Crippen LogP contribution in [0.25, 0.3) is 0 Å². The van der Waals surface area contributed by atoms with Crippen LogP contribution in [-0.2, 0) is 23.7 Å². The summed E-state index contributed by atoms with van der Waals surface area (Å²) < 4.78 is 20.4. The summed E-state index contributed by atoms with van der Waals surface area (Å²) in [5, 5.41) is 0. The molecular weight excluding hydrogens is 236 g/mol. The van der Waals surface area contributed by atoms with E-state index in [1.54, 1.807) is 14.0 Å². The van der Waals surface area contributed by atoms with Crippen LogP contribution in [0.3, 0.4) is 0 Å². The fourth-order valence-corrected chi connectivity index (χ4v) is 1.42. The van der Waals surface area contributed by atoms with E-state index in [9.17, 15) is 4.79 Å². The minimum atomic E-state index is -0.515. The Morgan fingerprint density at radius 2 is 1.94 bits per heavy atom. The first kappa shape index (κ1) is 17.4. The molecule has 0 aliphatic carbocycles. The molecule has 0 aromatic heterocycles. The van der Waals surface area contributed by atoms with Gasteiger partial charge in [0.05, 0.1) is 19.8 Å². The van der Waals surface area contributed by atoms with E-state index in [-0.39, 0.29) is 12.8 Å². The van der Waals surface area contributed by atoms with Gasteiger partial charge in [0.25, 0.3) is 0 Å². The van der Waals surface area contributed by atoms with E-state index < -0.39 is 6.10 Å².